The van der Waals surface area contributed by atoms with Gasteiger partial charge < -0.3 is 9.64 Å². The van der Waals surface area contributed by atoms with Gasteiger partial charge in [0.2, 0.25) is 0 Å². The number of hydrogen-bond donors (Lipinski definition) is 1. The first-order valence-electron chi connectivity index (χ1n) is 8.54. The number of carbonyl (C=O) groups is 1. The third-order valence-corrected chi connectivity index (χ3v) is 4.35. The maximum atomic E-state index is 12.7. The standard InChI is InChI=1S/C18H24N4O2/c1-3-24-12-14-5-4-10-22(11-14)18(23)16-8-6-15(7-9-16)17-19-13(2)20-21-17/h6-9,14H,3-5,10-12H2,1-2H3,(H,19,20,21)/t14-/m0/s1. The van der Waals surface area contributed by atoms with Crippen LogP contribution < -0.4 is 0 Å². The molecule has 1 aliphatic heterocycles. The lowest BCUT2D eigenvalue weighted by Crippen LogP contribution is -2.41. The van der Waals surface area contributed by atoms with Gasteiger partial charge in [-0.15, -0.1) is 0 Å². The van der Waals surface area contributed by atoms with E-state index >= 15 is 0 Å². The van der Waals surface area contributed by atoms with Crippen LogP contribution in [0.25, 0.3) is 11.4 Å². The quantitative estimate of drug-likeness (QED) is 0.916. The lowest BCUT2D eigenvalue weighted by molar-refractivity contribution is 0.0501. The number of amides is 1. The summed E-state index contributed by atoms with van der Waals surface area (Å²) >= 11 is 0. The molecular formula is C18H24N4O2. The molecular weight excluding hydrogens is 304 g/mol. The van der Waals surface area contributed by atoms with E-state index in [2.05, 4.69) is 15.2 Å². The van der Waals surface area contributed by atoms with Gasteiger partial charge in [-0.1, -0.05) is 12.1 Å². The van der Waals surface area contributed by atoms with Crippen LogP contribution in [-0.2, 0) is 4.74 Å². The SMILES string of the molecule is CCOC[C@H]1CCCN(C(=O)c2ccc(-c3n[nH]c(C)n3)cc2)C1. The van der Waals surface area contributed by atoms with Crippen LogP contribution in [0, 0.1) is 12.8 Å². The summed E-state index contributed by atoms with van der Waals surface area (Å²) < 4.78 is 5.52. The molecule has 6 heteroatoms. The second kappa shape index (κ2) is 7.57. The zero-order chi connectivity index (χ0) is 16.9. The number of ether oxygens (including phenoxy) is 1. The minimum atomic E-state index is 0.0916. The van der Waals surface area contributed by atoms with Crippen molar-refractivity contribution < 1.29 is 9.53 Å². The normalized spacial score (nSPS) is 17.9. The van der Waals surface area contributed by atoms with Crippen molar-refractivity contribution in [3.05, 3.63) is 35.7 Å². The average Bonchev–Trinajstić information content (AvgIpc) is 3.06. The predicted octanol–water partition coefficient (Wildman–Crippen LogP) is 2.67. The van der Waals surface area contributed by atoms with E-state index in [4.69, 9.17) is 4.74 Å². The Kier molecular flexibility index (Phi) is 5.25. The number of aromatic nitrogens is 3. The van der Waals surface area contributed by atoms with Crippen LogP contribution in [0.1, 0.15) is 35.9 Å². The van der Waals surface area contributed by atoms with E-state index in [0.29, 0.717) is 17.3 Å². The van der Waals surface area contributed by atoms with Gasteiger partial charge in [0.15, 0.2) is 5.82 Å². The van der Waals surface area contributed by atoms with Crippen molar-refractivity contribution in [2.75, 3.05) is 26.3 Å². The number of benzene rings is 1. The second-order valence-corrected chi connectivity index (χ2v) is 6.24. The summed E-state index contributed by atoms with van der Waals surface area (Å²) in [6.07, 6.45) is 2.17. The van der Waals surface area contributed by atoms with Crippen LogP contribution in [0.15, 0.2) is 24.3 Å². The van der Waals surface area contributed by atoms with Gasteiger partial charge in [0.05, 0.1) is 6.61 Å². The topological polar surface area (TPSA) is 71.1 Å². The van der Waals surface area contributed by atoms with Crippen LogP contribution in [0.2, 0.25) is 0 Å². The molecule has 1 atom stereocenters. The highest BCUT2D eigenvalue weighted by atomic mass is 16.5. The molecule has 24 heavy (non-hydrogen) atoms. The molecule has 0 radical (unpaired) electrons. The molecule has 1 N–H and O–H groups in total. The Labute approximate surface area is 142 Å². The number of nitrogens with zero attached hydrogens (tertiary/aromatic N) is 3. The van der Waals surface area contributed by atoms with Crippen molar-refractivity contribution in [1.29, 1.82) is 0 Å². The van der Waals surface area contributed by atoms with E-state index in [1.807, 2.05) is 43.0 Å². The molecule has 3 rings (SSSR count). The van der Waals surface area contributed by atoms with Gasteiger partial charge in [-0.2, -0.15) is 5.10 Å². The molecule has 6 nitrogen and oxygen atoms in total. The van der Waals surface area contributed by atoms with E-state index in [0.717, 1.165) is 50.5 Å². The summed E-state index contributed by atoms with van der Waals surface area (Å²) in [4.78, 5) is 19.0. The fraction of sp³-hybridized carbons (Fsp3) is 0.500. The van der Waals surface area contributed by atoms with Gasteiger partial charge in [0, 0.05) is 30.8 Å². The molecule has 0 aliphatic carbocycles. The Morgan fingerprint density at radius 3 is 2.83 bits per heavy atom. The number of aryl methyl sites for hydroxylation is 1. The highest BCUT2D eigenvalue weighted by Gasteiger charge is 2.24. The Bertz CT molecular complexity index is 681. The Hall–Kier alpha value is -2.21. The number of piperidine rings is 1. The smallest absolute Gasteiger partial charge is 0.253 e. The summed E-state index contributed by atoms with van der Waals surface area (Å²) in [5.74, 6) is 1.96. The summed E-state index contributed by atoms with van der Waals surface area (Å²) in [6.45, 7) is 6.94. The number of nitrogens with one attached hydrogen (secondary N) is 1. The molecule has 2 aromatic rings. The molecule has 1 aromatic carbocycles. The maximum Gasteiger partial charge on any atom is 0.253 e. The molecule has 0 spiro atoms. The van der Waals surface area contributed by atoms with Crippen molar-refractivity contribution in [3.63, 3.8) is 0 Å². The summed E-state index contributed by atoms with van der Waals surface area (Å²) in [6, 6.07) is 7.51. The zero-order valence-corrected chi connectivity index (χ0v) is 14.3. The van der Waals surface area contributed by atoms with E-state index in [1.54, 1.807) is 0 Å². The first kappa shape index (κ1) is 16.6. The molecule has 0 bridgehead atoms. The fourth-order valence-corrected chi connectivity index (χ4v) is 3.09. The third kappa shape index (κ3) is 3.82. The van der Waals surface area contributed by atoms with Crippen LogP contribution in [0.4, 0.5) is 0 Å². The molecule has 1 amide bonds. The summed E-state index contributed by atoms with van der Waals surface area (Å²) in [7, 11) is 0. The highest BCUT2D eigenvalue weighted by Crippen LogP contribution is 2.21. The largest absolute Gasteiger partial charge is 0.381 e. The third-order valence-electron chi connectivity index (χ3n) is 4.35. The molecule has 128 valence electrons. The Balaban J connectivity index is 1.66. The van der Waals surface area contributed by atoms with Crippen LogP contribution in [0.5, 0.6) is 0 Å². The number of hydrogen-bond acceptors (Lipinski definition) is 4. The van der Waals surface area contributed by atoms with Gasteiger partial charge in [0.25, 0.3) is 5.91 Å². The lowest BCUT2D eigenvalue weighted by Gasteiger charge is -2.32. The Morgan fingerprint density at radius 2 is 2.17 bits per heavy atom. The van der Waals surface area contributed by atoms with Crippen molar-refractivity contribution in [3.8, 4) is 11.4 Å². The van der Waals surface area contributed by atoms with E-state index < -0.39 is 0 Å². The van der Waals surface area contributed by atoms with Gasteiger partial charge in [-0.25, -0.2) is 4.98 Å². The minimum Gasteiger partial charge on any atom is -0.381 e. The zero-order valence-electron chi connectivity index (χ0n) is 14.3. The average molecular weight is 328 g/mol. The summed E-state index contributed by atoms with van der Waals surface area (Å²) in [5, 5.41) is 6.97. The molecule has 2 heterocycles. The molecule has 1 aromatic heterocycles. The van der Waals surface area contributed by atoms with Gasteiger partial charge >= 0.3 is 0 Å². The molecule has 1 aliphatic rings. The van der Waals surface area contributed by atoms with Crippen molar-refractivity contribution >= 4 is 5.91 Å². The van der Waals surface area contributed by atoms with Crippen LogP contribution in [0.3, 0.4) is 0 Å². The Morgan fingerprint density at radius 1 is 1.38 bits per heavy atom. The predicted molar refractivity (Wildman–Crippen MR) is 91.7 cm³/mol. The fourth-order valence-electron chi connectivity index (χ4n) is 3.09. The van der Waals surface area contributed by atoms with Crippen molar-refractivity contribution in [1.82, 2.24) is 20.1 Å². The van der Waals surface area contributed by atoms with Crippen molar-refractivity contribution in [2.45, 2.75) is 26.7 Å². The number of H-pyrrole nitrogens is 1. The van der Waals surface area contributed by atoms with E-state index in [-0.39, 0.29) is 5.91 Å². The molecule has 1 saturated heterocycles. The lowest BCUT2D eigenvalue weighted by atomic mass is 9.98. The summed E-state index contributed by atoms with van der Waals surface area (Å²) in [5.41, 5.74) is 1.62. The highest BCUT2D eigenvalue weighted by molar-refractivity contribution is 5.94. The van der Waals surface area contributed by atoms with Crippen molar-refractivity contribution in [2.24, 2.45) is 5.92 Å². The maximum absolute atomic E-state index is 12.7. The monoisotopic (exact) mass is 328 g/mol. The number of rotatable bonds is 5. The second-order valence-electron chi connectivity index (χ2n) is 6.24. The first-order valence-corrected chi connectivity index (χ1v) is 8.54. The van der Waals surface area contributed by atoms with E-state index in [1.165, 1.54) is 0 Å². The molecule has 0 unspecified atom stereocenters. The van der Waals surface area contributed by atoms with Crippen LogP contribution >= 0.6 is 0 Å². The van der Waals surface area contributed by atoms with Crippen LogP contribution in [-0.4, -0.2) is 52.3 Å². The minimum absolute atomic E-state index is 0.0916. The van der Waals surface area contributed by atoms with Gasteiger partial charge in [0.1, 0.15) is 5.82 Å². The number of carbonyl (C=O) groups excluding carboxylic acids is 1. The number of likely N-dealkylation sites (tertiary alicyclic amines) is 1. The molecule has 1 fully saturated rings. The van der Waals surface area contributed by atoms with E-state index in [9.17, 15) is 4.79 Å². The van der Waals surface area contributed by atoms with Gasteiger partial charge in [-0.3, -0.25) is 9.89 Å². The van der Waals surface area contributed by atoms with Gasteiger partial charge in [-0.05, 0) is 44.7 Å². The first-order chi connectivity index (χ1) is 11.7. The number of aromatic amines is 1. The molecule has 0 saturated carbocycles.